The third-order valence-electron chi connectivity index (χ3n) is 5.31. The molecule has 0 radical (unpaired) electrons. The molecule has 2 heterocycles. The quantitative estimate of drug-likeness (QED) is 0.635. The highest BCUT2D eigenvalue weighted by Crippen LogP contribution is 2.31. The van der Waals surface area contributed by atoms with Gasteiger partial charge in [-0.3, -0.25) is 9.59 Å². The summed E-state index contributed by atoms with van der Waals surface area (Å²) in [5, 5.41) is 3.93. The van der Waals surface area contributed by atoms with Crippen molar-refractivity contribution < 1.29 is 9.59 Å². The number of fused-ring (bicyclic) bond motifs is 1. The molecule has 0 bridgehead atoms. The molecular formula is C23H25N3O2S. The molecule has 1 N–H and O–H groups in total. The molecule has 0 saturated carbocycles. The van der Waals surface area contributed by atoms with Gasteiger partial charge >= 0.3 is 0 Å². The average Bonchev–Trinajstić information content (AvgIpc) is 3.30. The summed E-state index contributed by atoms with van der Waals surface area (Å²) in [4.78, 5) is 31.2. The van der Waals surface area contributed by atoms with Gasteiger partial charge in [-0.1, -0.05) is 19.4 Å². The molecule has 1 saturated heterocycles. The van der Waals surface area contributed by atoms with Crippen LogP contribution in [0.2, 0.25) is 0 Å². The van der Waals surface area contributed by atoms with E-state index in [4.69, 9.17) is 4.98 Å². The van der Waals surface area contributed by atoms with E-state index in [1.807, 2.05) is 35.2 Å². The fourth-order valence-corrected chi connectivity index (χ4v) is 4.68. The second-order valence-electron chi connectivity index (χ2n) is 7.65. The predicted molar refractivity (Wildman–Crippen MR) is 118 cm³/mol. The summed E-state index contributed by atoms with van der Waals surface area (Å²) in [7, 11) is 0. The summed E-state index contributed by atoms with van der Waals surface area (Å²) in [6, 6.07) is 14.0. The first-order valence-corrected chi connectivity index (χ1v) is 10.9. The van der Waals surface area contributed by atoms with E-state index < -0.39 is 0 Å². The Hall–Kier alpha value is -2.73. The number of hydrogen-bond acceptors (Lipinski definition) is 4. The minimum absolute atomic E-state index is 0.0828. The molecule has 1 aliphatic heterocycles. The van der Waals surface area contributed by atoms with Gasteiger partial charge in [0.15, 0.2) is 0 Å². The Morgan fingerprint density at radius 2 is 2.03 bits per heavy atom. The molecule has 6 heteroatoms. The summed E-state index contributed by atoms with van der Waals surface area (Å²) < 4.78 is 1.18. The zero-order valence-electron chi connectivity index (χ0n) is 16.8. The fourth-order valence-electron chi connectivity index (χ4n) is 3.61. The van der Waals surface area contributed by atoms with Crippen molar-refractivity contribution in [3.05, 3.63) is 48.0 Å². The highest BCUT2D eigenvalue weighted by molar-refractivity contribution is 7.21. The van der Waals surface area contributed by atoms with Crippen molar-refractivity contribution in [2.75, 3.05) is 18.4 Å². The van der Waals surface area contributed by atoms with E-state index in [1.165, 1.54) is 10.3 Å². The smallest absolute Gasteiger partial charge is 0.229 e. The van der Waals surface area contributed by atoms with Gasteiger partial charge in [0, 0.05) is 30.8 Å². The van der Waals surface area contributed by atoms with Gasteiger partial charge in [-0.25, -0.2) is 4.98 Å². The van der Waals surface area contributed by atoms with Crippen molar-refractivity contribution in [3.8, 4) is 10.6 Å². The molecule has 150 valence electrons. The Kier molecular flexibility index (Phi) is 5.62. The second-order valence-corrected chi connectivity index (χ2v) is 8.68. The number of thiazole rings is 1. The van der Waals surface area contributed by atoms with Gasteiger partial charge in [-0.2, -0.15) is 0 Å². The number of rotatable bonds is 6. The first kappa shape index (κ1) is 19.6. The number of benzene rings is 2. The van der Waals surface area contributed by atoms with E-state index in [1.54, 1.807) is 11.3 Å². The van der Waals surface area contributed by atoms with Gasteiger partial charge in [0.2, 0.25) is 11.8 Å². The summed E-state index contributed by atoms with van der Waals surface area (Å²) in [5.74, 6) is -0.271. The molecule has 1 aromatic heterocycles. The van der Waals surface area contributed by atoms with Crippen molar-refractivity contribution in [2.45, 2.75) is 33.1 Å². The van der Waals surface area contributed by atoms with Gasteiger partial charge in [0.05, 0.1) is 16.1 Å². The maximum absolute atomic E-state index is 12.6. The molecule has 2 amide bonds. The molecule has 5 nitrogen and oxygen atoms in total. The second kappa shape index (κ2) is 8.33. The van der Waals surface area contributed by atoms with Crippen LogP contribution in [0.1, 0.15) is 31.7 Å². The Labute approximate surface area is 174 Å². The van der Waals surface area contributed by atoms with E-state index in [0.717, 1.165) is 41.2 Å². The molecule has 1 aliphatic rings. The van der Waals surface area contributed by atoms with Crippen molar-refractivity contribution >= 4 is 39.1 Å². The third kappa shape index (κ3) is 4.32. The largest absolute Gasteiger partial charge is 0.342 e. The molecule has 29 heavy (non-hydrogen) atoms. The first-order valence-electron chi connectivity index (χ1n) is 10.1. The molecule has 0 spiro atoms. The lowest BCUT2D eigenvalue weighted by Crippen LogP contribution is -2.29. The minimum atomic E-state index is -0.272. The summed E-state index contributed by atoms with van der Waals surface area (Å²) in [5.41, 5.74) is 4.01. The minimum Gasteiger partial charge on any atom is -0.342 e. The highest BCUT2D eigenvalue weighted by Gasteiger charge is 2.33. The zero-order valence-corrected chi connectivity index (χ0v) is 17.6. The number of amides is 2. The Bertz CT molecular complexity index is 1040. The van der Waals surface area contributed by atoms with Gasteiger partial charge in [-0.05, 0) is 55.3 Å². The number of carbonyl (C=O) groups is 2. The normalized spacial score (nSPS) is 16.6. The number of carbonyl (C=O) groups excluding carboxylic acids is 2. The molecule has 4 rings (SSSR count). The Morgan fingerprint density at radius 3 is 2.79 bits per heavy atom. The number of likely N-dealkylation sites (tertiary alicyclic amines) is 1. The van der Waals surface area contributed by atoms with E-state index in [9.17, 15) is 9.59 Å². The monoisotopic (exact) mass is 407 g/mol. The van der Waals surface area contributed by atoms with E-state index in [0.29, 0.717) is 13.0 Å². The maximum atomic E-state index is 12.6. The van der Waals surface area contributed by atoms with Crippen LogP contribution in [0, 0.1) is 12.8 Å². The fraction of sp³-hybridized carbons (Fsp3) is 0.348. The number of unbranched alkanes of at least 4 members (excludes halogenated alkanes) is 1. The summed E-state index contributed by atoms with van der Waals surface area (Å²) >= 11 is 1.67. The molecule has 0 aliphatic carbocycles. The van der Waals surface area contributed by atoms with Gasteiger partial charge in [0.1, 0.15) is 5.01 Å². The van der Waals surface area contributed by atoms with Crippen molar-refractivity contribution in [1.29, 1.82) is 0 Å². The molecule has 1 unspecified atom stereocenters. The Morgan fingerprint density at radius 1 is 1.24 bits per heavy atom. The number of aryl methyl sites for hydroxylation is 1. The SMILES string of the molecule is CCCCN1CC(C(=O)Nc2ccc(-c3nc4ccc(C)cc4s3)cc2)CC1=O. The predicted octanol–water partition coefficient (Wildman–Crippen LogP) is 4.86. The van der Waals surface area contributed by atoms with E-state index >= 15 is 0 Å². The van der Waals surface area contributed by atoms with Crippen LogP contribution in [0.4, 0.5) is 5.69 Å². The summed E-state index contributed by atoms with van der Waals surface area (Å²) in [6.07, 6.45) is 2.33. The van der Waals surface area contributed by atoms with Crippen LogP contribution in [0.5, 0.6) is 0 Å². The van der Waals surface area contributed by atoms with Crippen LogP contribution >= 0.6 is 11.3 Å². The Balaban J connectivity index is 1.41. The van der Waals surface area contributed by atoms with Crippen LogP contribution in [0.3, 0.4) is 0 Å². The van der Waals surface area contributed by atoms with E-state index in [2.05, 4.69) is 31.3 Å². The number of nitrogens with one attached hydrogen (secondary N) is 1. The molecule has 1 fully saturated rings. The standard InChI is InChI=1S/C23H25N3O2S/c1-3-4-11-26-14-17(13-21(26)27)22(28)24-18-8-6-16(7-9-18)23-25-19-10-5-15(2)12-20(19)29-23/h5-10,12,17H,3-4,11,13-14H2,1-2H3,(H,24,28). The van der Waals surface area contributed by atoms with Gasteiger partial charge < -0.3 is 10.2 Å². The summed E-state index contributed by atoms with van der Waals surface area (Å²) in [6.45, 7) is 5.45. The number of nitrogens with zero attached hydrogens (tertiary/aromatic N) is 2. The average molecular weight is 408 g/mol. The lowest BCUT2D eigenvalue weighted by Gasteiger charge is -2.16. The lowest BCUT2D eigenvalue weighted by molar-refractivity contribution is -0.128. The molecule has 2 aromatic carbocycles. The van der Waals surface area contributed by atoms with Crippen LogP contribution in [0.25, 0.3) is 20.8 Å². The van der Waals surface area contributed by atoms with Crippen molar-refractivity contribution in [2.24, 2.45) is 5.92 Å². The number of aromatic nitrogens is 1. The van der Waals surface area contributed by atoms with Crippen LogP contribution in [0.15, 0.2) is 42.5 Å². The third-order valence-corrected chi connectivity index (χ3v) is 6.38. The van der Waals surface area contributed by atoms with Gasteiger partial charge in [0.25, 0.3) is 0 Å². The number of anilines is 1. The highest BCUT2D eigenvalue weighted by atomic mass is 32.1. The topological polar surface area (TPSA) is 62.3 Å². The van der Waals surface area contributed by atoms with Gasteiger partial charge in [-0.15, -0.1) is 11.3 Å². The molecule has 1 atom stereocenters. The molecular weight excluding hydrogens is 382 g/mol. The van der Waals surface area contributed by atoms with Crippen LogP contribution < -0.4 is 5.32 Å². The van der Waals surface area contributed by atoms with Crippen LogP contribution in [-0.4, -0.2) is 34.8 Å². The number of hydrogen-bond donors (Lipinski definition) is 1. The maximum Gasteiger partial charge on any atom is 0.229 e. The molecule has 3 aromatic rings. The van der Waals surface area contributed by atoms with Crippen molar-refractivity contribution in [1.82, 2.24) is 9.88 Å². The van der Waals surface area contributed by atoms with Crippen molar-refractivity contribution in [3.63, 3.8) is 0 Å². The van der Waals surface area contributed by atoms with E-state index in [-0.39, 0.29) is 17.7 Å². The van der Waals surface area contributed by atoms with Crippen LogP contribution in [-0.2, 0) is 9.59 Å². The zero-order chi connectivity index (χ0) is 20.4. The lowest BCUT2D eigenvalue weighted by atomic mass is 10.1. The first-order chi connectivity index (χ1) is 14.0.